The third kappa shape index (κ3) is 5.99. The Hall–Kier alpha value is -1.33. The zero-order valence-corrected chi connectivity index (χ0v) is 15.5. The van der Waals surface area contributed by atoms with E-state index >= 15 is 0 Å². The van der Waals surface area contributed by atoms with Crippen molar-refractivity contribution in [3.05, 3.63) is 52.0 Å². The second-order valence-corrected chi connectivity index (χ2v) is 8.03. The van der Waals surface area contributed by atoms with Crippen LogP contribution >= 0.6 is 23.1 Å². The minimum atomic E-state index is 0.0786. The van der Waals surface area contributed by atoms with Crippen LogP contribution in [0.25, 0.3) is 0 Å². The number of carbonyl (C=O) groups excluding carboxylic acids is 1. The first kappa shape index (κ1) is 18.0. The Morgan fingerprint density at radius 3 is 2.65 bits per heavy atom. The first-order chi connectivity index (χ1) is 11.1. The lowest BCUT2D eigenvalue weighted by atomic mass is 9.96. The zero-order chi connectivity index (χ0) is 16.7. The lowest BCUT2D eigenvalue weighted by molar-refractivity contribution is -0.121. The molecule has 0 spiro atoms. The molecule has 0 fully saturated rings. The van der Waals surface area contributed by atoms with E-state index in [0.717, 1.165) is 22.2 Å². The van der Waals surface area contributed by atoms with E-state index in [-0.39, 0.29) is 11.9 Å². The summed E-state index contributed by atoms with van der Waals surface area (Å²) in [5.41, 5.74) is 2.28. The van der Waals surface area contributed by atoms with Gasteiger partial charge < -0.3 is 5.32 Å². The third-order valence-corrected chi connectivity index (χ3v) is 5.35. The molecule has 0 unspecified atom stereocenters. The predicted molar refractivity (Wildman–Crippen MR) is 99.8 cm³/mol. The number of aryl methyl sites for hydroxylation is 1. The van der Waals surface area contributed by atoms with Gasteiger partial charge in [-0.15, -0.1) is 11.3 Å². The molecule has 0 aliphatic rings. The van der Waals surface area contributed by atoms with Crippen molar-refractivity contribution in [1.29, 1.82) is 0 Å². The largest absolute Gasteiger partial charge is 0.349 e. The third-order valence-electron chi connectivity index (χ3n) is 3.53. The minimum absolute atomic E-state index is 0.0786. The maximum absolute atomic E-state index is 12.2. The fraction of sp³-hybridized carbons (Fsp3) is 0.444. The van der Waals surface area contributed by atoms with Crippen LogP contribution < -0.4 is 5.32 Å². The Bertz CT molecular complexity index is 610. The van der Waals surface area contributed by atoms with Crippen LogP contribution in [0, 0.1) is 12.8 Å². The maximum atomic E-state index is 12.2. The molecule has 1 amide bonds. The minimum Gasteiger partial charge on any atom is -0.349 e. The molecule has 5 heteroatoms. The Morgan fingerprint density at radius 2 is 2.04 bits per heavy atom. The first-order valence-electron chi connectivity index (χ1n) is 7.89. The second kappa shape index (κ2) is 9.08. The number of amides is 1. The molecule has 0 saturated heterocycles. The number of aromatic nitrogens is 1. The molecule has 1 atom stereocenters. The van der Waals surface area contributed by atoms with Crippen molar-refractivity contribution in [2.45, 2.75) is 39.0 Å². The number of thioether (sulfide) groups is 1. The van der Waals surface area contributed by atoms with Gasteiger partial charge in [-0.3, -0.25) is 4.79 Å². The molecule has 1 aromatic heterocycles. The average Bonchev–Trinajstić information content (AvgIpc) is 2.95. The molecule has 124 valence electrons. The van der Waals surface area contributed by atoms with E-state index in [1.807, 2.05) is 25.1 Å². The first-order valence-corrected chi connectivity index (χ1v) is 9.92. The molecule has 1 aromatic carbocycles. The lowest BCUT2D eigenvalue weighted by Crippen LogP contribution is -2.31. The molecule has 23 heavy (non-hydrogen) atoms. The summed E-state index contributed by atoms with van der Waals surface area (Å²) in [5.74, 6) is 2.19. The van der Waals surface area contributed by atoms with Gasteiger partial charge in [0.05, 0.1) is 16.7 Å². The van der Waals surface area contributed by atoms with Crippen LogP contribution in [0.1, 0.15) is 42.6 Å². The van der Waals surface area contributed by atoms with Crippen molar-refractivity contribution in [2.24, 2.45) is 5.92 Å². The number of hydrogen-bond donors (Lipinski definition) is 1. The van der Waals surface area contributed by atoms with Gasteiger partial charge in [0, 0.05) is 23.3 Å². The van der Waals surface area contributed by atoms with Crippen LogP contribution in [0.4, 0.5) is 0 Å². The Morgan fingerprint density at radius 1 is 1.30 bits per heavy atom. The van der Waals surface area contributed by atoms with E-state index in [0.29, 0.717) is 12.3 Å². The number of nitrogens with one attached hydrogen (secondary N) is 1. The monoisotopic (exact) mass is 348 g/mol. The number of thiazole rings is 1. The molecule has 0 bridgehead atoms. The number of rotatable bonds is 8. The lowest BCUT2D eigenvalue weighted by Gasteiger charge is -2.23. The standard InChI is InChI=1S/C18H24N2OS2/c1-13(2)18(15-7-5-4-6-8-15)20-17(21)9-10-22-11-16-12-23-14(3)19-16/h4-8,12-13,18H,9-11H2,1-3H3,(H,20,21)/t18-/m0/s1. The molecule has 0 saturated carbocycles. The van der Waals surface area contributed by atoms with E-state index in [2.05, 4.69) is 41.7 Å². The summed E-state index contributed by atoms with van der Waals surface area (Å²) in [4.78, 5) is 16.6. The fourth-order valence-corrected chi connectivity index (χ4v) is 3.91. The van der Waals surface area contributed by atoms with Crippen molar-refractivity contribution in [1.82, 2.24) is 10.3 Å². The van der Waals surface area contributed by atoms with Gasteiger partial charge in [-0.25, -0.2) is 4.98 Å². The normalized spacial score (nSPS) is 12.3. The van der Waals surface area contributed by atoms with Gasteiger partial charge in [-0.2, -0.15) is 11.8 Å². The van der Waals surface area contributed by atoms with Gasteiger partial charge in [0.15, 0.2) is 0 Å². The van der Waals surface area contributed by atoms with Gasteiger partial charge in [0.25, 0.3) is 0 Å². The topological polar surface area (TPSA) is 42.0 Å². The highest BCUT2D eigenvalue weighted by atomic mass is 32.2. The quantitative estimate of drug-likeness (QED) is 0.710. The summed E-state index contributed by atoms with van der Waals surface area (Å²) >= 11 is 3.44. The van der Waals surface area contributed by atoms with Crippen LogP contribution in [0.3, 0.4) is 0 Å². The molecular weight excluding hydrogens is 324 g/mol. The molecule has 0 aliphatic heterocycles. The summed E-state index contributed by atoms with van der Waals surface area (Å²) < 4.78 is 0. The van der Waals surface area contributed by atoms with E-state index in [1.165, 1.54) is 5.56 Å². The summed E-state index contributed by atoms with van der Waals surface area (Å²) in [6, 6.07) is 10.3. The number of benzene rings is 1. The molecule has 3 nitrogen and oxygen atoms in total. The molecule has 2 rings (SSSR count). The summed E-state index contributed by atoms with van der Waals surface area (Å²) in [7, 11) is 0. The van der Waals surface area contributed by atoms with Crippen LogP contribution in [0.2, 0.25) is 0 Å². The summed E-state index contributed by atoms with van der Waals surface area (Å²) in [5, 5.41) is 6.36. The SMILES string of the molecule is Cc1nc(CSCCC(=O)N[C@H](c2ccccc2)C(C)C)cs1. The number of carbonyl (C=O) groups is 1. The Labute approximate surface area is 146 Å². The Balaban J connectivity index is 1.76. The van der Waals surface area contributed by atoms with Gasteiger partial charge in [-0.1, -0.05) is 44.2 Å². The summed E-state index contributed by atoms with van der Waals surface area (Å²) in [6.07, 6.45) is 0.545. The van der Waals surface area contributed by atoms with Crippen molar-refractivity contribution in [3.8, 4) is 0 Å². The van der Waals surface area contributed by atoms with E-state index in [9.17, 15) is 4.79 Å². The van der Waals surface area contributed by atoms with Gasteiger partial charge in [0.1, 0.15) is 0 Å². The molecule has 1 N–H and O–H groups in total. The summed E-state index contributed by atoms with van der Waals surface area (Å²) in [6.45, 7) is 6.29. The van der Waals surface area contributed by atoms with Crippen molar-refractivity contribution in [2.75, 3.05) is 5.75 Å². The van der Waals surface area contributed by atoms with Crippen LogP contribution in [0.15, 0.2) is 35.7 Å². The molecule has 1 heterocycles. The van der Waals surface area contributed by atoms with Crippen LogP contribution in [-0.4, -0.2) is 16.6 Å². The Kier molecular flexibility index (Phi) is 7.12. The molecule has 0 radical (unpaired) electrons. The van der Waals surface area contributed by atoms with Gasteiger partial charge in [-0.05, 0) is 18.4 Å². The highest BCUT2D eigenvalue weighted by molar-refractivity contribution is 7.98. The zero-order valence-electron chi connectivity index (χ0n) is 13.9. The van der Waals surface area contributed by atoms with Crippen molar-refractivity contribution < 1.29 is 4.79 Å². The van der Waals surface area contributed by atoms with Crippen molar-refractivity contribution in [3.63, 3.8) is 0 Å². The van der Waals surface area contributed by atoms with E-state index in [4.69, 9.17) is 0 Å². The second-order valence-electron chi connectivity index (χ2n) is 5.86. The maximum Gasteiger partial charge on any atom is 0.221 e. The molecule has 2 aromatic rings. The van der Waals surface area contributed by atoms with Crippen LogP contribution in [-0.2, 0) is 10.5 Å². The van der Waals surface area contributed by atoms with Crippen LogP contribution in [0.5, 0.6) is 0 Å². The highest BCUT2D eigenvalue weighted by Crippen LogP contribution is 2.22. The smallest absolute Gasteiger partial charge is 0.221 e. The number of nitrogens with zero attached hydrogens (tertiary/aromatic N) is 1. The number of hydrogen-bond acceptors (Lipinski definition) is 4. The van der Waals surface area contributed by atoms with Crippen molar-refractivity contribution >= 4 is 29.0 Å². The van der Waals surface area contributed by atoms with Gasteiger partial charge >= 0.3 is 0 Å². The fourth-order valence-electron chi connectivity index (χ4n) is 2.36. The average molecular weight is 349 g/mol. The van der Waals surface area contributed by atoms with E-state index in [1.54, 1.807) is 23.1 Å². The molecule has 0 aliphatic carbocycles. The molecular formula is C18H24N2OS2. The van der Waals surface area contributed by atoms with Gasteiger partial charge in [0.2, 0.25) is 5.91 Å². The highest BCUT2D eigenvalue weighted by Gasteiger charge is 2.17. The predicted octanol–water partition coefficient (Wildman–Crippen LogP) is 4.59. The van der Waals surface area contributed by atoms with E-state index < -0.39 is 0 Å².